The van der Waals surface area contributed by atoms with Crippen molar-refractivity contribution in [2.75, 3.05) is 14.2 Å². The van der Waals surface area contributed by atoms with Gasteiger partial charge in [0.1, 0.15) is 11.6 Å². The van der Waals surface area contributed by atoms with E-state index in [1.54, 1.807) is 29.9 Å². The Kier molecular flexibility index (Phi) is 5.31. The highest BCUT2D eigenvalue weighted by Gasteiger charge is 2.12. The van der Waals surface area contributed by atoms with Crippen molar-refractivity contribution in [3.05, 3.63) is 53.9 Å². The van der Waals surface area contributed by atoms with Gasteiger partial charge in [-0.15, -0.1) is 0 Å². The molecule has 8 nitrogen and oxygen atoms in total. The number of hydrogen-bond acceptors (Lipinski definition) is 5. The van der Waals surface area contributed by atoms with Crippen molar-refractivity contribution in [1.29, 1.82) is 0 Å². The van der Waals surface area contributed by atoms with Crippen molar-refractivity contribution in [3.63, 3.8) is 0 Å². The molecule has 0 saturated carbocycles. The normalized spacial score (nSPS) is 10.7. The van der Waals surface area contributed by atoms with Gasteiger partial charge in [-0.1, -0.05) is 6.07 Å². The Morgan fingerprint density at radius 2 is 2.23 bits per heavy atom. The third-order valence-electron chi connectivity index (χ3n) is 4.01. The van der Waals surface area contributed by atoms with Crippen molar-refractivity contribution in [2.45, 2.75) is 26.3 Å². The van der Waals surface area contributed by atoms with Crippen LogP contribution in [0.2, 0.25) is 0 Å². The standard InChI is InChI=1S/C18H22N6O2/c1-13-20-17(22-21-13)7-8-18(25)23(2)11-14-10-19-24(12-14)15-5-4-6-16(9-15)26-3/h4-6,9-10,12H,7-8,11H2,1-3H3,(H,20,21,22). The zero-order valence-electron chi connectivity index (χ0n) is 15.1. The van der Waals surface area contributed by atoms with Gasteiger partial charge in [-0.25, -0.2) is 9.67 Å². The predicted molar refractivity (Wildman–Crippen MR) is 96.0 cm³/mol. The van der Waals surface area contributed by atoms with Crippen molar-refractivity contribution in [1.82, 2.24) is 29.9 Å². The Labute approximate surface area is 151 Å². The SMILES string of the molecule is COc1cccc(-n2cc(CN(C)C(=O)CCc3n[nH]c(C)n3)cn2)c1. The summed E-state index contributed by atoms with van der Waals surface area (Å²) in [5.74, 6) is 2.23. The lowest BCUT2D eigenvalue weighted by atomic mass is 10.2. The molecule has 1 amide bonds. The van der Waals surface area contributed by atoms with E-state index in [0.717, 1.165) is 22.8 Å². The minimum absolute atomic E-state index is 0.0431. The quantitative estimate of drug-likeness (QED) is 0.700. The summed E-state index contributed by atoms with van der Waals surface area (Å²) in [6, 6.07) is 7.66. The maximum atomic E-state index is 12.3. The monoisotopic (exact) mass is 354 g/mol. The third-order valence-corrected chi connectivity index (χ3v) is 4.01. The summed E-state index contributed by atoms with van der Waals surface area (Å²) < 4.78 is 7.01. The van der Waals surface area contributed by atoms with Crippen LogP contribution in [0.5, 0.6) is 5.75 Å². The minimum Gasteiger partial charge on any atom is -0.497 e. The van der Waals surface area contributed by atoms with E-state index in [1.165, 1.54) is 0 Å². The van der Waals surface area contributed by atoms with E-state index in [-0.39, 0.29) is 5.91 Å². The first kappa shape index (κ1) is 17.7. The fourth-order valence-corrected chi connectivity index (χ4v) is 2.61. The smallest absolute Gasteiger partial charge is 0.223 e. The van der Waals surface area contributed by atoms with Crippen LogP contribution in [0.4, 0.5) is 0 Å². The van der Waals surface area contributed by atoms with Crippen LogP contribution in [0.15, 0.2) is 36.7 Å². The first-order valence-corrected chi connectivity index (χ1v) is 8.35. The number of aromatic nitrogens is 5. The highest BCUT2D eigenvalue weighted by atomic mass is 16.5. The van der Waals surface area contributed by atoms with Crippen LogP contribution in [0.25, 0.3) is 5.69 Å². The number of nitrogens with zero attached hydrogens (tertiary/aromatic N) is 5. The average Bonchev–Trinajstić information content (AvgIpc) is 3.28. The van der Waals surface area contributed by atoms with E-state index in [9.17, 15) is 4.79 Å². The number of aromatic amines is 1. The molecule has 0 atom stereocenters. The Hall–Kier alpha value is -3.16. The molecule has 0 aliphatic carbocycles. The number of aryl methyl sites for hydroxylation is 2. The first-order valence-electron chi connectivity index (χ1n) is 8.35. The van der Waals surface area contributed by atoms with Gasteiger partial charge in [0.25, 0.3) is 0 Å². The van der Waals surface area contributed by atoms with Gasteiger partial charge in [-0.2, -0.15) is 10.2 Å². The summed E-state index contributed by atoms with van der Waals surface area (Å²) in [5, 5.41) is 11.2. The number of ether oxygens (including phenoxy) is 1. The van der Waals surface area contributed by atoms with Crippen LogP contribution in [0.3, 0.4) is 0 Å². The van der Waals surface area contributed by atoms with Crippen LogP contribution in [-0.2, 0) is 17.8 Å². The van der Waals surface area contributed by atoms with Gasteiger partial charge >= 0.3 is 0 Å². The number of rotatable bonds is 7. The number of hydrogen-bond donors (Lipinski definition) is 1. The van der Waals surface area contributed by atoms with Gasteiger partial charge in [-0.05, 0) is 19.1 Å². The first-order chi connectivity index (χ1) is 12.5. The van der Waals surface area contributed by atoms with Gasteiger partial charge < -0.3 is 9.64 Å². The molecular weight excluding hydrogens is 332 g/mol. The molecule has 0 aliphatic heterocycles. The highest BCUT2D eigenvalue weighted by molar-refractivity contribution is 5.76. The number of H-pyrrole nitrogens is 1. The second-order valence-corrected chi connectivity index (χ2v) is 6.08. The summed E-state index contributed by atoms with van der Waals surface area (Å²) >= 11 is 0. The number of carbonyl (C=O) groups is 1. The topological polar surface area (TPSA) is 88.9 Å². The van der Waals surface area contributed by atoms with Crippen LogP contribution in [0, 0.1) is 6.92 Å². The molecule has 8 heteroatoms. The summed E-state index contributed by atoms with van der Waals surface area (Å²) in [6.45, 7) is 2.33. The van der Waals surface area contributed by atoms with Crippen molar-refractivity contribution >= 4 is 5.91 Å². The Morgan fingerprint density at radius 1 is 1.38 bits per heavy atom. The average molecular weight is 354 g/mol. The molecule has 0 unspecified atom stereocenters. The zero-order valence-corrected chi connectivity index (χ0v) is 15.1. The van der Waals surface area contributed by atoms with Gasteiger partial charge in [0.05, 0.1) is 19.0 Å². The fraction of sp³-hybridized carbons (Fsp3) is 0.333. The number of benzene rings is 1. The Balaban J connectivity index is 1.58. The third kappa shape index (κ3) is 4.27. The minimum atomic E-state index is 0.0431. The van der Waals surface area contributed by atoms with Gasteiger partial charge in [-0.3, -0.25) is 9.89 Å². The summed E-state index contributed by atoms with van der Waals surface area (Å²) in [5.41, 5.74) is 1.86. The van der Waals surface area contributed by atoms with Gasteiger partial charge in [0, 0.05) is 44.3 Å². The summed E-state index contributed by atoms with van der Waals surface area (Å²) in [4.78, 5) is 18.2. The highest BCUT2D eigenvalue weighted by Crippen LogP contribution is 2.16. The zero-order chi connectivity index (χ0) is 18.5. The molecule has 0 fully saturated rings. The largest absolute Gasteiger partial charge is 0.497 e. The molecule has 0 radical (unpaired) electrons. The summed E-state index contributed by atoms with van der Waals surface area (Å²) in [7, 11) is 3.42. The van der Waals surface area contributed by atoms with E-state index >= 15 is 0 Å². The van der Waals surface area contributed by atoms with E-state index in [0.29, 0.717) is 25.2 Å². The molecular formula is C18H22N6O2. The molecule has 1 N–H and O–H groups in total. The lowest BCUT2D eigenvalue weighted by molar-refractivity contribution is -0.130. The molecule has 0 bridgehead atoms. The molecule has 26 heavy (non-hydrogen) atoms. The van der Waals surface area contributed by atoms with E-state index in [1.807, 2.05) is 37.4 Å². The fourth-order valence-electron chi connectivity index (χ4n) is 2.61. The van der Waals surface area contributed by atoms with Crippen molar-refractivity contribution in [3.8, 4) is 11.4 Å². The number of methoxy groups -OCH3 is 1. The van der Waals surface area contributed by atoms with E-state index in [4.69, 9.17) is 4.74 Å². The maximum Gasteiger partial charge on any atom is 0.223 e. The lowest BCUT2D eigenvalue weighted by Crippen LogP contribution is -2.26. The molecule has 3 aromatic rings. The molecule has 0 spiro atoms. The van der Waals surface area contributed by atoms with Gasteiger partial charge in [0.2, 0.25) is 5.91 Å². The molecule has 0 aliphatic rings. The van der Waals surface area contributed by atoms with Crippen molar-refractivity contribution in [2.24, 2.45) is 0 Å². The number of amides is 1. The van der Waals surface area contributed by atoms with Crippen molar-refractivity contribution < 1.29 is 9.53 Å². The van der Waals surface area contributed by atoms with E-state index < -0.39 is 0 Å². The molecule has 3 rings (SSSR count). The second kappa shape index (κ2) is 7.81. The van der Waals surface area contributed by atoms with E-state index in [2.05, 4.69) is 20.3 Å². The van der Waals surface area contributed by atoms with Crippen LogP contribution >= 0.6 is 0 Å². The van der Waals surface area contributed by atoms with Crippen LogP contribution in [-0.4, -0.2) is 49.9 Å². The molecule has 2 heterocycles. The molecule has 1 aromatic carbocycles. The van der Waals surface area contributed by atoms with Crippen LogP contribution in [0.1, 0.15) is 23.6 Å². The predicted octanol–water partition coefficient (Wildman–Crippen LogP) is 1.90. The molecule has 2 aromatic heterocycles. The lowest BCUT2D eigenvalue weighted by Gasteiger charge is -2.15. The number of nitrogens with one attached hydrogen (secondary N) is 1. The van der Waals surface area contributed by atoms with Crippen LogP contribution < -0.4 is 4.74 Å². The molecule has 136 valence electrons. The Bertz CT molecular complexity index is 885. The molecule has 0 saturated heterocycles. The maximum absolute atomic E-state index is 12.3. The summed E-state index contributed by atoms with van der Waals surface area (Å²) in [6.07, 6.45) is 4.58. The number of carbonyl (C=O) groups excluding carboxylic acids is 1. The van der Waals surface area contributed by atoms with Gasteiger partial charge in [0.15, 0.2) is 5.82 Å². The Morgan fingerprint density at radius 3 is 2.96 bits per heavy atom. The second-order valence-electron chi connectivity index (χ2n) is 6.08.